The van der Waals surface area contributed by atoms with Gasteiger partial charge in [-0.05, 0) is 24.3 Å². The number of rotatable bonds is 7. The molecule has 0 atom stereocenters. The van der Waals surface area contributed by atoms with Crippen molar-refractivity contribution in [1.82, 2.24) is 9.29 Å². The number of pyridine rings is 1. The fourth-order valence-electron chi connectivity index (χ4n) is 3.32. The van der Waals surface area contributed by atoms with E-state index in [1.54, 1.807) is 6.07 Å². The van der Waals surface area contributed by atoms with Crippen LogP contribution in [0.25, 0.3) is 10.9 Å². The number of ether oxygens (including phenoxy) is 2. The molecule has 1 N–H and O–H groups in total. The number of fused-ring (bicyclic) bond motifs is 1. The number of carbonyl (C=O) groups is 1. The monoisotopic (exact) mass is 473 g/mol. The summed E-state index contributed by atoms with van der Waals surface area (Å²) in [5, 5.41) is 4.57. The molecule has 0 bridgehead atoms. The van der Waals surface area contributed by atoms with Crippen LogP contribution in [0.4, 0.5) is 5.69 Å². The molecule has 1 amide bonds. The number of methoxy groups -OCH3 is 1. The predicted molar refractivity (Wildman–Crippen MR) is 124 cm³/mol. The number of nitrogens with one attached hydrogen (secondary N) is 1. The van der Waals surface area contributed by atoms with E-state index >= 15 is 0 Å². The number of aromatic nitrogens is 1. The van der Waals surface area contributed by atoms with E-state index < -0.39 is 10.0 Å². The minimum absolute atomic E-state index is 0.115. The molecule has 10 heteroatoms. The van der Waals surface area contributed by atoms with Crippen molar-refractivity contribution in [2.45, 2.75) is 9.92 Å². The van der Waals surface area contributed by atoms with Crippen molar-refractivity contribution in [1.29, 1.82) is 0 Å². The third-order valence-corrected chi connectivity index (χ3v) is 7.80. The van der Waals surface area contributed by atoms with Gasteiger partial charge in [0, 0.05) is 24.5 Å². The van der Waals surface area contributed by atoms with Gasteiger partial charge in [-0.3, -0.25) is 4.79 Å². The van der Waals surface area contributed by atoms with Crippen LogP contribution < -0.4 is 10.1 Å². The fourth-order valence-corrected chi connectivity index (χ4v) is 5.43. The molecule has 1 saturated heterocycles. The van der Waals surface area contributed by atoms with Gasteiger partial charge in [0.05, 0.1) is 47.2 Å². The quantitative estimate of drug-likeness (QED) is 0.527. The summed E-state index contributed by atoms with van der Waals surface area (Å²) in [6, 6.07) is 16.1. The second kappa shape index (κ2) is 9.86. The first-order valence-electron chi connectivity index (χ1n) is 10.0. The van der Waals surface area contributed by atoms with Gasteiger partial charge < -0.3 is 14.8 Å². The lowest BCUT2D eigenvalue weighted by Crippen LogP contribution is -2.40. The highest BCUT2D eigenvalue weighted by Crippen LogP contribution is 2.30. The van der Waals surface area contributed by atoms with Gasteiger partial charge in [-0.15, -0.1) is 0 Å². The first-order chi connectivity index (χ1) is 15.5. The molecule has 1 aliphatic heterocycles. The van der Waals surface area contributed by atoms with E-state index in [0.717, 1.165) is 15.9 Å². The van der Waals surface area contributed by atoms with Crippen molar-refractivity contribution in [3.05, 3.63) is 54.6 Å². The number of amides is 1. The molecule has 2 aromatic carbocycles. The lowest BCUT2D eigenvalue weighted by molar-refractivity contribution is -0.113. The van der Waals surface area contributed by atoms with Crippen LogP contribution >= 0.6 is 11.8 Å². The van der Waals surface area contributed by atoms with Gasteiger partial charge >= 0.3 is 0 Å². The van der Waals surface area contributed by atoms with Gasteiger partial charge in [0.1, 0.15) is 5.75 Å². The van der Waals surface area contributed by atoms with E-state index in [4.69, 9.17) is 9.47 Å². The Morgan fingerprint density at radius 3 is 2.72 bits per heavy atom. The van der Waals surface area contributed by atoms with E-state index in [2.05, 4.69) is 10.3 Å². The Hall–Kier alpha value is -2.66. The Balaban J connectivity index is 1.43. The van der Waals surface area contributed by atoms with Crippen molar-refractivity contribution in [2.75, 3.05) is 44.5 Å². The smallest absolute Gasteiger partial charge is 0.243 e. The second-order valence-electron chi connectivity index (χ2n) is 7.06. The zero-order valence-electron chi connectivity index (χ0n) is 17.5. The average molecular weight is 474 g/mol. The number of carbonyl (C=O) groups excluding carboxylic acids is 1. The number of hydrogen-bond donors (Lipinski definition) is 1. The molecule has 3 aromatic rings. The van der Waals surface area contributed by atoms with Crippen LogP contribution in [0.1, 0.15) is 0 Å². The minimum Gasteiger partial charge on any atom is -0.495 e. The molecule has 1 aliphatic rings. The topological polar surface area (TPSA) is 97.8 Å². The van der Waals surface area contributed by atoms with Crippen LogP contribution in [0.3, 0.4) is 0 Å². The molecule has 2 heterocycles. The van der Waals surface area contributed by atoms with E-state index in [9.17, 15) is 13.2 Å². The Morgan fingerprint density at radius 1 is 1.16 bits per heavy atom. The van der Waals surface area contributed by atoms with E-state index in [0.29, 0.717) is 32.0 Å². The summed E-state index contributed by atoms with van der Waals surface area (Å²) >= 11 is 1.32. The molecule has 1 aromatic heterocycles. The zero-order chi connectivity index (χ0) is 22.6. The second-order valence-corrected chi connectivity index (χ2v) is 9.99. The summed E-state index contributed by atoms with van der Waals surface area (Å²) in [6.07, 6.45) is 0. The Bertz CT molecular complexity index is 1230. The van der Waals surface area contributed by atoms with Gasteiger partial charge in [0.15, 0.2) is 0 Å². The lowest BCUT2D eigenvalue weighted by Gasteiger charge is -2.26. The predicted octanol–water partition coefficient (Wildman–Crippen LogP) is 3.00. The fraction of sp³-hybridized carbons (Fsp3) is 0.273. The van der Waals surface area contributed by atoms with Crippen LogP contribution in [0, 0.1) is 0 Å². The van der Waals surface area contributed by atoms with Gasteiger partial charge in [-0.25, -0.2) is 13.4 Å². The van der Waals surface area contributed by atoms with E-state index in [-0.39, 0.29) is 22.3 Å². The highest BCUT2D eigenvalue weighted by molar-refractivity contribution is 7.99. The van der Waals surface area contributed by atoms with E-state index in [1.165, 1.54) is 35.3 Å². The first-order valence-corrected chi connectivity index (χ1v) is 12.4. The summed E-state index contributed by atoms with van der Waals surface area (Å²) in [6.45, 7) is 1.36. The number of anilines is 1. The van der Waals surface area contributed by atoms with Crippen molar-refractivity contribution < 1.29 is 22.7 Å². The Morgan fingerprint density at radius 2 is 1.94 bits per heavy atom. The Kier molecular flexibility index (Phi) is 6.95. The van der Waals surface area contributed by atoms with Crippen LogP contribution in [-0.4, -0.2) is 62.8 Å². The summed E-state index contributed by atoms with van der Waals surface area (Å²) in [5.74, 6) is 0.191. The van der Waals surface area contributed by atoms with Crippen molar-refractivity contribution in [3.63, 3.8) is 0 Å². The highest BCUT2D eigenvalue weighted by Gasteiger charge is 2.27. The van der Waals surface area contributed by atoms with Crippen LogP contribution in [0.15, 0.2) is 64.5 Å². The standard InChI is InChI=1S/C22H23N3O5S2/c1-29-20-14-17(32(27,28)25-10-12-30-13-11-25)7-8-19(20)23-21(26)15-31-22-9-6-16-4-2-3-5-18(16)24-22/h2-9,14H,10-13,15H2,1H3,(H,23,26). The normalized spacial score (nSPS) is 14.9. The summed E-state index contributed by atoms with van der Waals surface area (Å²) in [7, 11) is -2.22. The summed E-state index contributed by atoms with van der Waals surface area (Å²) in [4.78, 5) is 17.2. The highest BCUT2D eigenvalue weighted by atomic mass is 32.2. The molecule has 0 unspecified atom stereocenters. The van der Waals surface area contributed by atoms with Crippen LogP contribution in [0.5, 0.6) is 5.75 Å². The molecular weight excluding hydrogens is 450 g/mol. The molecular formula is C22H23N3O5S2. The largest absolute Gasteiger partial charge is 0.495 e. The lowest BCUT2D eigenvalue weighted by atomic mass is 10.2. The SMILES string of the molecule is COc1cc(S(=O)(=O)N2CCOCC2)ccc1NC(=O)CSc1ccc2ccccc2n1. The first kappa shape index (κ1) is 22.5. The van der Waals surface area contributed by atoms with Gasteiger partial charge in [-0.2, -0.15) is 4.31 Å². The third-order valence-electron chi connectivity index (χ3n) is 4.98. The molecule has 0 aliphatic carbocycles. The summed E-state index contributed by atoms with van der Waals surface area (Å²) in [5.41, 5.74) is 1.28. The zero-order valence-corrected chi connectivity index (χ0v) is 19.1. The molecule has 8 nitrogen and oxygen atoms in total. The number of thioether (sulfide) groups is 1. The minimum atomic E-state index is -3.66. The maximum atomic E-state index is 12.9. The van der Waals surface area contributed by atoms with Crippen molar-refractivity contribution in [2.24, 2.45) is 0 Å². The van der Waals surface area contributed by atoms with E-state index in [1.807, 2.05) is 36.4 Å². The van der Waals surface area contributed by atoms with Crippen LogP contribution in [0.2, 0.25) is 0 Å². The number of hydrogen-bond acceptors (Lipinski definition) is 7. The molecule has 1 fully saturated rings. The number of para-hydroxylation sites is 1. The number of morpholine rings is 1. The van der Waals surface area contributed by atoms with Crippen LogP contribution in [-0.2, 0) is 19.6 Å². The molecule has 4 rings (SSSR count). The van der Waals surface area contributed by atoms with Gasteiger partial charge in [0.25, 0.3) is 0 Å². The molecule has 0 radical (unpaired) electrons. The number of benzene rings is 2. The van der Waals surface area contributed by atoms with Gasteiger partial charge in [-0.1, -0.05) is 36.0 Å². The van der Waals surface area contributed by atoms with Crippen molar-refractivity contribution in [3.8, 4) is 5.75 Å². The third kappa shape index (κ3) is 5.04. The van der Waals surface area contributed by atoms with Gasteiger partial charge in [0.2, 0.25) is 15.9 Å². The molecule has 32 heavy (non-hydrogen) atoms. The molecule has 168 valence electrons. The number of sulfonamides is 1. The summed E-state index contributed by atoms with van der Waals surface area (Å²) < 4.78 is 37.7. The molecule has 0 saturated carbocycles. The number of nitrogens with zero attached hydrogens (tertiary/aromatic N) is 2. The maximum Gasteiger partial charge on any atom is 0.243 e. The maximum absolute atomic E-state index is 12.9. The molecule has 0 spiro atoms. The van der Waals surface area contributed by atoms with Crippen molar-refractivity contribution >= 4 is 44.3 Å². The Labute approximate surface area is 191 Å². The average Bonchev–Trinajstić information content (AvgIpc) is 2.83.